The Morgan fingerprint density at radius 2 is 1.50 bits per heavy atom. The molecule has 0 fully saturated rings. The molecule has 0 aliphatic heterocycles. The van der Waals surface area contributed by atoms with Gasteiger partial charge in [0, 0.05) is 22.0 Å². The van der Waals surface area contributed by atoms with Crippen molar-refractivity contribution in [1.29, 1.82) is 0 Å². The molecule has 2 aromatic carbocycles. The number of hydrogen-bond acceptors (Lipinski definition) is 2. The van der Waals surface area contributed by atoms with Gasteiger partial charge in [0.25, 0.3) is 0 Å². The van der Waals surface area contributed by atoms with Gasteiger partial charge >= 0.3 is 0 Å². The van der Waals surface area contributed by atoms with Crippen molar-refractivity contribution in [3.8, 4) is 11.1 Å². The van der Waals surface area contributed by atoms with E-state index in [1.807, 2.05) is 30.3 Å². The van der Waals surface area contributed by atoms with Crippen molar-refractivity contribution < 1.29 is 8.78 Å². The zero-order valence-electron chi connectivity index (χ0n) is 14.1. The van der Waals surface area contributed by atoms with Crippen molar-refractivity contribution in [2.75, 3.05) is 0 Å². The van der Waals surface area contributed by atoms with Crippen molar-refractivity contribution in [3.63, 3.8) is 0 Å². The molecule has 0 aliphatic carbocycles. The van der Waals surface area contributed by atoms with Crippen LogP contribution in [-0.4, -0.2) is 4.98 Å². The zero-order chi connectivity index (χ0) is 17.9. The SMILES string of the molecule is Fc1ccc(CCCc2sc3ncccc3c2-c2ccc(F)cc2)cc1. The van der Waals surface area contributed by atoms with Gasteiger partial charge in [-0.1, -0.05) is 24.3 Å². The van der Waals surface area contributed by atoms with Gasteiger partial charge in [-0.2, -0.15) is 0 Å². The molecular weight excluding hydrogens is 348 g/mol. The van der Waals surface area contributed by atoms with Crippen LogP contribution >= 0.6 is 11.3 Å². The predicted molar refractivity (Wildman–Crippen MR) is 103 cm³/mol. The minimum absolute atomic E-state index is 0.206. The van der Waals surface area contributed by atoms with E-state index in [-0.39, 0.29) is 11.6 Å². The number of aryl methyl sites for hydroxylation is 2. The third-order valence-electron chi connectivity index (χ3n) is 4.45. The first-order valence-corrected chi connectivity index (χ1v) is 9.39. The minimum Gasteiger partial charge on any atom is -0.245 e. The molecule has 4 heteroatoms. The number of fused-ring (bicyclic) bond motifs is 1. The van der Waals surface area contributed by atoms with Crippen molar-refractivity contribution in [3.05, 3.63) is 88.9 Å². The quantitative estimate of drug-likeness (QED) is 0.398. The standard InChI is InChI=1S/C22H17F2NS/c23-17-10-6-15(7-11-17)3-1-5-20-21(16-8-12-18(24)13-9-16)19-4-2-14-25-22(19)26-20/h2,4,6-14H,1,3,5H2. The fourth-order valence-electron chi connectivity index (χ4n) is 3.19. The Balaban J connectivity index is 1.62. The van der Waals surface area contributed by atoms with Gasteiger partial charge in [-0.3, -0.25) is 0 Å². The normalized spacial score (nSPS) is 11.2. The van der Waals surface area contributed by atoms with Crippen molar-refractivity contribution in [2.45, 2.75) is 19.3 Å². The van der Waals surface area contributed by atoms with Gasteiger partial charge in [0.15, 0.2) is 0 Å². The molecule has 0 saturated carbocycles. The van der Waals surface area contributed by atoms with E-state index in [0.717, 1.165) is 46.2 Å². The largest absolute Gasteiger partial charge is 0.245 e. The van der Waals surface area contributed by atoms with Crippen molar-refractivity contribution >= 4 is 21.6 Å². The topological polar surface area (TPSA) is 12.9 Å². The Labute approximate surface area is 155 Å². The summed E-state index contributed by atoms with van der Waals surface area (Å²) in [6, 6.07) is 17.3. The number of aromatic nitrogens is 1. The fourth-order valence-corrected chi connectivity index (χ4v) is 4.40. The van der Waals surface area contributed by atoms with Gasteiger partial charge in [-0.15, -0.1) is 11.3 Å². The summed E-state index contributed by atoms with van der Waals surface area (Å²) < 4.78 is 26.4. The highest BCUT2D eigenvalue weighted by Gasteiger charge is 2.14. The molecule has 0 N–H and O–H groups in total. The third-order valence-corrected chi connectivity index (χ3v) is 5.63. The van der Waals surface area contributed by atoms with Crippen molar-refractivity contribution in [2.24, 2.45) is 0 Å². The van der Waals surface area contributed by atoms with Gasteiger partial charge in [-0.25, -0.2) is 13.8 Å². The van der Waals surface area contributed by atoms with Crippen LogP contribution in [0.25, 0.3) is 21.3 Å². The molecule has 26 heavy (non-hydrogen) atoms. The molecule has 4 rings (SSSR count). The average Bonchev–Trinajstić information content (AvgIpc) is 3.02. The summed E-state index contributed by atoms with van der Waals surface area (Å²) >= 11 is 1.70. The van der Waals surface area contributed by atoms with E-state index in [9.17, 15) is 8.78 Å². The maximum atomic E-state index is 13.3. The van der Waals surface area contributed by atoms with E-state index >= 15 is 0 Å². The first-order chi connectivity index (χ1) is 12.7. The Bertz CT molecular complexity index is 1020. The molecule has 0 unspecified atom stereocenters. The second-order valence-electron chi connectivity index (χ2n) is 6.24. The number of hydrogen-bond donors (Lipinski definition) is 0. The fraction of sp³-hybridized carbons (Fsp3) is 0.136. The first-order valence-electron chi connectivity index (χ1n) is 8.57. The molecule has 0 amide bonds. The summed E-state index contributed by atoms with van der Waals surface area (Å²) in [7, 11) is 0. The highest BCUT2D eigenvalue weighted by molar-refractivity contribution is 7.19. The van der Waals surface area contributed by atoms with E-state index in [4.69, 9.17) is 0 Å². The Kier molecular flexibility index (Phi) is 4.76. The van der Waals surface area contributed by atoms with Crippen LogP contribution in [0.4, 0.5) is 8.78 Å². The summed E-state index contributed by atoms with van der Waals surface area (Å²) in [6.45, 7) is 0. The highest BCUT2D eigenvalue weighted by Crippen LogP contribution is 2.38. The van der Waals surface area contributed by atoms with Gasteiger partial charge in [0.1, 0.15) is 16.5 Å². The van der Waals surface area contributed by atoms with Crippen molar-refractivity contribution in [1.82, 2.24) is 4.98 Å². The van der Waals surface area contributed by atoms with Crippen LogP contribution in [0.15, 0.2) is 66.9 Å². The lowest BCUT2D eigenvalue weighted by Crippen LogP contribution is -1.91. The first kappa shape index (κ1) is 16.9. The third kappa shape index (κ3) is 3.51. The number of benzene rings is 2. The summed E-state index contributed by atoms with van der Waals surface area (Å²) in [5, 5.41) is 1.11. The maximum absolute atomic E-state index is 13.3. The van der Waals surface area contributed by atoms with Crippen LogP contribution in [-0.2, 0) is 12.8 Å². The van der Waals surface area contributed by atoms with Gasteiger partial charge in [-0.05, 0) is 66.8 Å². The van der Waals surface area contributed by atoms with E-state index in [2.05, 4.69) is 11.1 Å². The Hall–Kier alpha value is -2.59. The summed E-state index contributed by atoms with van der Waals surface area (Å²) in [4.78, 5) is 6.74. The van der Waals surface area contributed by atoms with Crippen LogP contribution in [0.5, 0.6) is 0 Å². The summed E-state index contributed by atoms with van der Waals surface area (Å²) in [5.74, 6) is -0.438. The van der Waals surface area contributed by atoms with E-state index in [0.29, 0.717) is 0 Å². The maximum Gasteiger partial charge on any atom is 0.124 e. The smallest absolute Gasteiger partial charge is 0.124 e. The molecule has 4 aromatic rings. The zero-order valence-corrected chi connectivity index (χ0v) is 14.9. The lowest BCUT2D eigenvalue weighted by Gasteiger charge is -2.06. The molecule has 0 atom stereocenters. The van der Waals surface area contributed by atoms with Crippen LogP contribution in [0.3, 0.4) is 0 Å². The number of halogens is 2. The lowest BCUT2D eigenvalue weighted by molar-refractivity contribution is 0.626. The van der Waals surface area contributed by atoms with Gasteiger partial charge in [0.2, 0.25) is 0 Å². The van der Waals surface area contributed by atoms with Crippen LogP contribution in [0.1, 0.15) is 16.9 Å². The molecule has 1 nitrogen and oxygen atoms in total. The molecule has 0 aliphatic rings. The molecule has 0 radical (unpaired) electrons. The second kappa shape index (κ2) is 7.34. The summed E-state index contributed by atoms with van der Waals surface area (Å²) in [6.07, 6.45) is 4.57. The van der Waals surface area contributed by atoms with Crippen LogP contribution in [0, 0.1) is 11.6 Å². The number of thiophene rings is 1. The Morgan fingerprint density at radius 1 is 0.808 bits per heavy atom. The molecule has 130 valence electrons. The molecule has 0 bridgehead atoms. The molecule has 2 heterocycles. The van der Waals surface area contributed by atoms with E-state index in [1.54, 1.807) is 17.5 Å². The van der Waals surface area contributed by atoms with E-state index in [1.165, 1.54) is 29.1 Å². The summed E-state index contributed by atoms with van der Waals surface area (Å²) in [5.41, 5.74) is 3.30. The van der Waals surface area contributed by atoms with Crippen LogP contribution in [0.2, 0.25) is 0 Å². The highest BCUT2D eigenvalue weighted by atomic mass is 32.1. The number of pyridine rings is 1. The molecule has 2 aromatic heterocycles. The Morgan fingerprint density at radius 3 is 2.23 bits per heavy atom. The van der Waals surface area contributed by atoms with E-state index < -0.39 is 0 Å². The number of rotatable bonds is 5. The molecular formula is C22H17F2NS. The minimum atomic E-state index is -0.232. The monoisotopic (exact) mass is 365 g/mol. The predicted octanol–water partition coefficient (Wildman–Crippen LogP) is 6.42. The lowest BCUT2D eigenvalue weighted by atomic mass is 10.00. The van der Waals surface area contributed by atoms with Gasteiger partial charge in [0.05, 0.1) is 0 Å². The average molecular weight is 365 g/mol. The second-order valence-corrected chi connectivity index (χ2v) is 7.33. The van der Waals surface area contributed by atoms with Crippen LogP contribution < -0.4 is 0 Å². The molecule has 0 saturated heterocycles. The van der Waals surface area contributed by atoms with Gasteiger partial charge < -0.3 is 0 Å². The molecule has 0 spiro atoms. The number of nitrogens with zero attached hydrogens (tertiary/aromatic N) is 1.